The number of carbonyl (C=O) groups is 1. The largest absolute Gasteiger partial charge is 0.356 e. The SMILES string of the molecule is Cc1ccc(N(C)C2CCN(C(=O)c3cc(Cl)c[nH]3)CC2)nn1. The van der Waals surface area contributed by atoms with E-state index in [1.54, 1.807) is 12.3 Å². The number of aromatic amines is 1. The lowest BCUT2D eigenvalue weighted by molar-refractivity contribution is 0.0708. The number of anilines is 1. The molecule has 0 bridgehead atoms. The lowest BCUT2D eigenvalue weighted by Gasteiger charge is -2.37. The van der Waals surface area contributed by atoms with Gasteiger partial charge in [0.2, 0.25) is 0 Å². The number of piperidine rings is 1. The second-order valence-electron chi connectivity index (χ2n) is 5.90. The van der Waals surface area contributed by atoms with Crippen LogP contribution in [0, 0.1) is 6.92 Å². The van der Waals surface area contributed by atoms with E-state index in [9.17, 15) is 4.79 Å². The summed E-state index contributed by atoms with van der Waals surface area (Å²) in [5.74, 6) is 0.879. The van der Waals surface area contributed by atoms with Crippen molar-refractivity contribution in [3.63, 3.8) is 0 Å². The summed E-state index contributed by atoms with van der Waals surface area (Å²) < 4.78 is 0. The van der Waals surface area contributed by atoms with Gasteiger partial charge in [-0.3, -0.25) is 4.79 Å². The first-order chi connectivity index (χ1) is 11.0. The predicted octanol–water partition coefficient (Wildman–Crippen LogP) is 2.51. The van der Waals surface area contributed by atoms with Crippen LogP contribution in [0.1, 0.15) is 29.0 Å². The van der Waals surface area contributed by atoms with E-state index in [1.165, 1.54) is 0 Å². The van der Waals surface area contributed by atoms with Crippen LogP contribution < -0.4 is 4.90 Å². The van der Waals surface area contributed by atoms with Crippen molar-refractivity contribution in [3.8, 4) is 0 Å². The minimum Gasteiger partial charge on any atom is -0.356 e. The van der Waals surface area contributed by atoms with Crippen molar-refractivity contribution in [1.82, 2.24) is 20.1 Å². The van der Waals surface area contributed by atoms with E-state index in [2.05, 4.69) is 20.1 Å². The molecule has 0 aromatic carbocycles. The van der Waals surface area contributed by atoms with Gasteiger partial charge in [-0.2, -0.15) is 5.10 Å². The topological polar surface area (TPSA) is 65.1 Å². The van der Waals surface area contributed by atoms with E-state index in [1.807, 2.05) is 31.0 Å². The van der Waals surface area contributed by atoms with Crippen LogP contribution in [0.3, 0.4) is 0 Å². The molecule has 1 N–H and O–H groups in total. The molecule has 0 spiro atoms. The number of aryl methyl sites for hydroxylation is 1. The zero-order valence-electron chi connectivity index (χ0n) is 13.3. The van der Waals surface area contributed by atoms with Gasteiger partial charge < -0.3 is 14.8 Å². The summed E-state index contributed by atoms with van der Waals surface area (Å²) in [7, 11) is 2.03. The van der Waals surface area contributed by atoms with E-state index in [0.29, 0.717) is 16.8 Å². The molecular formula is C16H20ClN5O. The van der Waals surface area contributed by atoms with Crippen molar-refractivity contribution in [2.24, 2.45) is 0 Å². The number of hydrogen-bond acceptors (Lipinski definition) is 4. The van der Waals surface area contributed by atoms with Gasteiger partial charge in [0.25, 0.3) is 5.91 Å². The van der Waals surface area contributed by atoms with Crippen LogP contribution in [-0.4, -0.2) is 52.2 Å². The van der Waals surface area contributed by atoms with Crippen molar-refractivity contribution in [1.29, 1.82) is 0 Å². The molecule has 122 valence electrons. The minimum atomic E-state index is 0.00753. The molecule has 23 heavy (non-hydrogen) atoms. The number of rotatable bonds is 3. The molecule has 0 atom stereocenters. The maximum absolute atomic E-state index is 12.4. The fourth-order valence-corrected chi connectivity index (χ4v) is 3.05. The Balaban J connectivity index is 1.59. The number of H-pyrrole nitrogens is 1. The number of carbonyl (C=O) groups excluding carboxylic acids is 1. The van der Waals surface area contributed by atoms with E-state index < -0.39 is 0 Å². The Morgan fingerprint density at radius 1 is 1.35 bits per heavy atom. The second kappa shape index (κ2) is 6.58. The lowest BCUT2D eigenvalue weighted by atomic mass is 10.0. The Kier molecular flexibility index (Phi) is 4.52. The van der Waals surface area contributed by atoms with Gasteiger partial charge in [0.05, 0.1) is 10.7 Å². The van der Waals surface area contributed by atoms with Crippen LogP contribution in [0.25, 0.3) is 0 Å². The fraction of sp³-hybridized carbons (Fsp3) is 0.438. The highest BCUT2D eigenvalue weighted by Crippen LogP contribution is 2.21. The Bertz CT molecular complexity index is 676. The standard InChI is InChI=1S/C16H20ClN5O/c1-11-3-4-15(20-19-11)21(2)13-5-7-22(8-6-13)16(23)14-9-12(17)10-18-14/h3-4,9-10,13,18H,5-8H2,1-2H3. The molecule has 1 aliphatic heterocycles. The van der Waals surface area contributed by atoms with Crippen LogP contribution in [0.4, 0.5) is 5.82 Å². The molecular weight excluding hydrogens is 314 g/mol. The lowest BCUT2D eigenvalue weighted by Crippen LogP contribution is -2.46. The first kappa shape index (κ1) is 15.8. The van der Waals surface area contributed by atoms with Crippen LogP contribution in [0.2, 0.25) is 5.02 Å². The normalized spacial score (nSPS) is 15.7. The third-order valence-electron chi connectivity index (χ3n) is 4.32. The third-order valence-corrected chi connectivity index (χ3v) is 4.54. The number of nitrogens with zero attached hydrogens (tertiary/aromatic N) is 4. The molecule has 1 saturated heterocycles. The molecule has 0 unspecified atom stereocenters. The number of aromatic nitrogens is 3. The van der Waals surface area contributed by atoms with Gasteiger partial charge in [-0.1, -0.05) is 11.6 Å². The molecule has 1 fully saturated rings. The molecule has 3 rings (SSSR count). The average molecular weight is 334 g/mol. The Morgan fingerprint density at radius 2 is 2.09 bits per heavy atom. The zero-order valence-corrected chi connectivity index (χ0v) is 14.0. The second-order valence-corrected chi connectivity index (χ2v) is 6.34. The van der Waals surface area contributed by atoms with E-state index in [0.717, 1.165) is 37.4 Å². The highest BCUT2D eigenvalue weighted by Gasteiger charge is 2.27. The van der Waals surface area contributed by atoms with E-state index in [4.69, 9.17) is 11.6 Å². The summed E-state index contributed by atoms with van der Waals surface area (Å²) >= 11 is 5.87. The number of likely N-dealkylation sites (tertiary alicyclic amines) is 1. The number of halogens is 1. The fourth-order valence-electron chi connectivity index (χ4n) is 2.89. The molecule has 7 heteroatoms. The van der Waals surface area contributed by atoms with Crippen molar-refractivity contribution in [2.45, 2.75) is 25.8 Å². The first-order valence-electron chi connectivity index (χ1n) is 7.71. The smallest absolute Gasteiger partial charge is 0.270 e. The van der Waals surface area contributed by atoms with Crippen LogP contribution in [0.15, 0.2) is 24.4 Å². The van der Waals surface area contributed by atoms with Crippen LogP contribution in [-0.2, 0) is 0 Å². The van der Waals surface area contributed by atoms with Crippen LogP contribution in [0.5, 0.6) is 0 Å². The molecule has 2 aromatic heterocycles. The Hall–Kier alpha value is -2.08. The summed E-state index contributed by atoms with van der Waals surface area (Å²) in [6, 6.07) is 5.99. The minimum absolute atomic E-state index is 0.00753. The predicted molar refractivity (Wildman–Crippen MR) is 89.9 cm³/mol. The Morgan fingerprint density at radius 3 is 2.65 bits per heavy atom. The van der Waals surface area contributed by atoms with Crippen molar-refractivity contribution >= 4 is 23.3 Å². The molecule has 0 radical (unpaired) electrons. The van der Waals surface area contributed by atoms with Gasteiger partial charge >= 0.3 is 0 Å². The third kappa shape index (κ3) is 3.47. The highest BCUT2D eigenvalue weighted by molar-refractivity contribution is 6.30. The van der Waals surface area contributed by atoms with E-state index in [-0.39, 0.29) is 5.91 Å². The summed E-state index contributed by atoms with van der Waals surface area (Å²) in [5, 5.41) is 8.90. The summed E-state index contributed by atoms with van der Waals surface area (Å²) in [5.41, 5.74) is 1.46. The van der Waals surface area contributed by atoms with Gasteiger partial charge in [0.15, 0.2) is 5.82 Å². The first-order valence-corrected chi connectivity index (χ1v) is 8.09. The summed E-state index contributed by atoms with van der Waals surface area (Å²) in [4.78, 5) is 19.3. The zero-order chi connectivity index (χ0) is 16.4. The summed E-state index contributed by atoms with van der Waals surface area (Å²) in [6.07, 6.45) is 3.45. The van der Waals surface area contributed by atoms with Crippen molar-refractivity contribution < 1.29 is 4.79 Å². The molecule has 1 amide bonds. The molecule has 1 aliphatic rings. The molecule has 0 saturated carbocycles. The van der Waals surface area contributed by atoms with Gasteiger partial charge in [0, 0.05) is 32.4 Å². The average Bonchev–Trinajstić information content (AvgIpc) is 3.01. The van der Waals surface area contributed by atoms with Gasteiger partial charge in [0.1, 0.15) is 5.69 Å². The maximum atomic E-state index is 12.4. The molecule has 6 nitrogen and oxygen atoms in total. The Labute approximate surface area is 140 Å². The highest BCUT2D eigenvalue weighted by atomic mass is 35.5. The van der Waals surface area contributed by atoms with Gasteiger partial charge in [-0.15, -0.1) is 5.10 Å². The number of hydrogen-bond donors (Lipinski definition) is 1. The van der Waals surface area contributed by atoms with Gasteiger partial charge in [-0.25, -0.2) is 0 Å². The van der Waals surface area contributed by atoms with Crippen molar-refractivity contribution in [3.05, 3.63) is 40.8 Å². The van der Waals surface area contributed by atoms with E-state index >= 15 is 0 Å². The number of nitrogens with one attached hydrogen (secondary N) is 1. The summed E-state index contributed by atoms with van der Waals surface area (Å²) in [6.45, 7) is 3.38. The maximum Gasteiger partial charge on any atom is 0.270 e. The van der Waals surface area contributed by atoms with Gasteiger partial charge in [-0.05, 0) is 38.0 Å². The molecule has 3 heterocycles. The molecule has 0 aliphatic carbocycles. The van der Waals surface area contributed by atoms with Crippen molar-refractivity contribution in [2.75, 3.05) is 25.0 Å². The molecule has 2 aromatic rings. The van der Waals surface area contributed by atoms with Crippen LogP contribution >= 0.6 is 11.6 Å². The monoisotopic (exact) mass is 333 g/mol. The number of amides is 1. The quantitative estimate of drug-likeness (QED) is 0.937.